The molecule has 0 radical (unpaired) electrons. The van der Waals surface area contributed by atoms with E-state index in [1.807, 2.05) is 18.2 Å². The molecule has 1 aliphatic heterocycles. The van der Waals surface area contributed by atoms with Crippen molar-refractivity contribution in [2.24, 2.45) is 5.73 Å². The van der Waals surface area contributed by atoms with Crippen LogP contribution in [-0.2, 0) is 14.3 Å². The fourth-order valence-corrected chi connectivity index (χ4v) is 2.74. The van der Waals surface area contributed by atoms with Gasteiger partial charge in [-0.05, 0) is 40.9 Å². The van der Waals surface area contributed by atoms with Crippen LogP contribution in [0, 0.1) is 0 Å². The maximum Gasteiger partial charge on any atom is 0.251 e. The molecule has 0 spiro atoms. The molecule has 1 saturated heterocycles. The first-order chi connectivity index (χ1) is 10.5. The molecular weight excluding hydrogens is 386 g/mol. The molecule has 1 heterocycles. The molecule has 2 amide bonds. The van der Waals surface area contributed by atoms with Gasteiger partial charge in [0.1, 0.15) is 6.10 Å². The largest absolute Gasteiger partial charge is 0.364 e. The van der Waals surface area contributed by atoms with Gasteiger partial charge in [-0.1, -0.05) is 12.1 Å². The number of nitrogens with two attached hydrogens (primary N) is 1. The number of nitrogens with zero attached hydrogens (tertiary/aromatic N) is 1. The summed E-state index contributed by atoms with van der Waals surface area (Å²) < 4.78 is 6.35. The second kappa shape index (κ2) is 9.22. The molecule has 2 rings (SSSR count). The summed E-state index contributed by atoms with van der Waals surface area (Å²) in [6.45, 7) is 0.392. The van der Waals surface area contributed by atoms with E-state index in [9.17, 15) is 9.59 Å². The summed E-state index contributed by atoms with van der Waals surface area (Å²) in [5.41, 5.74) is 6.21. The van der Waals surface area contributed by atoms with Crippen molar-refractivity contribution < 1.29 is 14.3 Å². The Hall–Kier alpha value is -1.15. The molecule has 1 fully saturated rings. The van der Waals surface area contributed by atoms with Gasteiger partial charge in [0.25, 0.3) is 5.91 Å². The molecule has 6 nitrogen and oxygen atoms in total. The van der Waals surface area contributed by atoms with Gasteiger partial charge < -0.3 is 20.7 Å². The van der Waals surface area contributed by atoms with Crippen LogP contribution in [0.5, 0.6) is 0 Å². The highest BCUT2D eigenvalue weighted by atomic mass is 79.9. The van der Waals surface area contributed by atoms with E-state index < -0.39 is 6.10 Å². The SMILES string of the molecule is CN(CC(=O)Nc1ccccc1Br)C(=O)[C@@H]1CC[C@H](CN)O1.Cl. The maximum atomic E-state index is 12.2. The van der Waals surface area contributed by atoms with E-state index in [-0.39, 0.29) is 36.9 Å². The lowest BCUT2D eigenvalue weighted by molar-refractivity contribution is -0.143. The number of likely N-dealkylation sites (N-methyl/N-ethyl adjacent to an activating group) is 1. The summed E-state index contributed by atoms with van der Waals surface area (Å²) in [5, 5.41) is 2.77. The summed E-state index contributed by atoms with van der Waals surface area (Å²) in [5.74, 6) is -0.436. The number of halogens is 2. The molecule has 128 valence electrons. The molecule has 0 saturated carbocycles. The molecule has 0 unspecified atom stereocenters. The number of benzene rings is 1. The highest BCUT2D eigenvalue weighted by Gasteiger charge is 2.32. The molecule has 1 aromatic carbocycles. The Morgan fingerprint density at radius 2 is 2.09 bits per heavy atom. The Morgan fingerprint density at radius 3 is 2.70 bits per heavy atom. The molecule has 0 aromatic heterocycles. The number of ether oxygens (including phenoxy) is 1. The third kappa shape index (κ3) is 5.46. The van der Waals surface area contributed by atoms with E-state index in [2.05, 4.69) is 21.2 Å². The molecule has 1 aliphatic rings. The van der Waals surface area contributed by atoms with Gasteiger partial charge in [0, 0.05) is 18.1 Å². The van der Waals surface area contributed by atoms with E-state index in [4.69, 9.17) is 10.5 Å². The topological polar surface area (TPSA) is 84.7 Å². The van der Waals surface area contributed by atoms with Crippen LogP contribution in [0.25, 0.3) is 0 Å². The number of anilines is 1. The average molecular weight is 407 g/mol. The van der Waals surface area contributed by atoms with Gasteiger partial charge in [0.2, 0.25) is 5.91 Å². The van der Waals surface area contributed by atoms with E-state index in [1.54, 1.807) is 13.1 Å². The summed E-state index contributed by atoms with van der Waals surface area (Å²) >= 11 is 3.36. The normalized spacial score (nSPS) is 19.8. The van der Waals surface area contributed by atoms with Crippen LogP contribution < -0.4 is 11.1 Å². The van der Waals surface area contributed by atoms with Crippen LogP contribution in [0.2, 0.25) is 0 Å². The van der Waals surface area contributed by atoms with Crippen LogP contribution in [0.1, 0.15) is 12.8 Å². The summed E-state index contributed by atoms with van der Waals surface area (Å²) in [4.78, 5) is 25.6. The van der Waals surface area contributed by atoms with Crippen molar-refractivity contribution in [2.75, 3.05) is 25.5 Å². The number of hydrogen-bond donors (Lipinski definition) is 2. The lowest BCUT2D eigenvalue weighted by atomic mass is 10.2. The number of amides is 2. The number of carbonyl (C=O) groups is 2. The highest BCUT2D eigenvalue weighted by molar-refractivity contribution is 9.10. The number of hydrogen-bond acceptors (Lipinski definition) is 4. The Labute approximate surface area is 150 Å². The lowest BCUT2D eigenvalue weighted by Crippen LogP contribution is -2.41. The quantitative estimate of drug-likeness (QED) is 0.780. The fourth-order valence-electron chi connectivity index (χ4n) is 2.35. The number of nitrogens with one attached hydrogen (secondary N) is 1. The van der Waals surface area contributed by atoms with Crippen LogP contribution in [0.15, 0.2) is 28.7 Å². The smallest absolute Gasteiger partial charge is 0.251 e. The molecule has 8 heteroatoms. The highest BCUT2D eigenvalue weighted by Crippen LogP contribution is 2.22. The van der Waals surface area contributed by atoms with Crippen molar-refractivity contribution >= 4 is 45.8 Å². The van der Waals surface area contributed by atoms with Gasteiger partial charge in [0.05, 0.1) is 18.3 Å². The van der Waals surface area contributed by atoms with Crippen molar-refractivity contribution in [2.45, 2.75) is 25.0 Å². The molecule has 2 atom stereocenters. The number of carbonyl (C=O) groups excluding carboxylic acids is 2. The summed E-state index contributed by atoms with van der Waals surface area (Å²) in [6, 6.07) is 7.31. The van der Waals surface area contributed by atoms with Crippen LogP contribution in [0.3, 0.4) is 0 Å². The zero-order valence-corrected chi connectivity index (χ0v) is 15.2. The minimum Gasteiger partial charge on any atom is -0.364 e. The summed E-state index contributed by atoms with van der Waals surface area (Å²) in [7, 11) is 1.60. The molecule has 0 bridgehead atoms. The second-order valence-electron chi connectivity index (χ2n) is 5.28. The monoisotopic (exact) mass is 405 g/mol. The Bertz CT molecular complexity index is 559. The van der Waals surface area contributed by atoms with E-state index >= 15 is 0 Å². The molecule has 0 aliphatic carbocycles. The van der Waals surface area contributed by atoms with Crippen molar-refractivity contribution in [1.29, 1.82) is 0 Å². The van der Waals surface area contributed by atoms with E-state index in [1.165, 1.54) is 4.90 Å². The Morgan fingerprint density at radius 1 is 1.39 bits per heavy atom. The fraction of sp³-hybridized carbons (Fsp3) is 0.467. The van der Waals surface area contributed by atoms with Crippen molar-refractivity contribution in [1.82, 2.24) is 4.90 Å². The molecule has 23 heavy (non-hydrogen) atoms. The lowest BCUT2D eigenvalue weighted by Gasteiger charge is -2.21. The van der Waals surface area contributed by atoms with Gasteiger partial charge in [-0.3, -0.25) is 9.59 Å². The first-order valence-corrected chi connectivity index (χ1v) is 7.95. The van der Waals surface area contributed by atoms with Crippen molar-refractivity contribution in [3.05, 3.63) is 28.7 Å². The predicted octanol–water partition coefficient (Wildman–Crippen LogP) is 1.77. The molecule has 1 aromatic rings. The van der Waals surface area contributed by atoms with Crippen LogP contribution in [0.4, 0.5) is 5.69 Å². The third-order valence-electron chi connectivity index (χ3n) is 3.55. The van der Waals surface area contributed by atoms with Crippen molar-refractivity contribution in [3.63, 3.8) is 0 Å². The van der Waals surface area contributed by atoms with E-state index in [0.717, 1.165) is 10.9 Å². The average Bonchev–Trinajstić information content (AvgIpc) is 2.97. The summed E-state index contributed by atoms with van der Waals surface area (Å²) in [6.07, 6.45) is 0.882. The zero-order valence-electron chi connectivity index (χ0n) is 12.8. The first kappa shape index (κ1) is 19.9. The second-order valence-corrected chi connectivity index (χ2v) is 6.14. The van der Waals surface area contributed by atoms with Gasteiger partial charge in [-0.2, -0.15) is 0 Å². The number of rotatable bonds is 5. The van der Waals surface area contributed by atoms with Crippen LogP contribution >= 0.6 is 28.3 Å². The molecular formula is C15H21BrClN3O3. The van der Waals surface area contributed by atoms with Gasteiger partial charge in [-0.15, -0.1) is 12.4 Å². The third-order valence-corrected chi connectivity index (χ3v) is 4.24. The van der Waals surface area contributed by atoms with Crippen molar-refractivity contribution in [3.8, 4) is 0 Å². The standard InChI is InChI=1S/C15H20BrN3O3.ClH/c1-19(15(21)13-7-6-10(8-17)22-13)9-14(20)18-12-5-3-2-4-11(12)16;/h2-5,10,13H,6-9,17H2,1H3,(H,18,20);1H/t10-,13+;/m1./s1. The van der Waals surface area contributed by atoms with Gasteiger partial charge in [0.15, 0.2) is 0 Å². The zero-order chi connectivity index (χ0) is 16.1. The van der Waals surface area contributed by atoms with E-state index in [0.29, 0.717) is 18.7 Å². The van der Waals surface area contributed by atoms with Gasteiger partial charge >= 0.3 is 0 Å². The maximum absolute atomic E-state index is 12.2. The Kier molecular flexibility index (Phi) is 7.98. The molecule has 3 N–H and O–H groups in total. The first-order valence-electron chi connectivity index (χ1n) is 7.16. The van der Waals surface area contributed by atoms with Crippen LogP contribution in [-0.4, -0.2) is 49.1 Å². The van der Waals surface area contributed by atoms with Gasteiger partial charge in [-0.25, -0.2) is 0 Å². The number of para-hydroxylation sites is 1. The minimum atomic E-state index is -0.491. The minimum absolute atomic E-state index is 0. The Balaban J connectivity index is 0.00000264. The predicted molar refractivity (Wildman–Crippen MR) is 94.6 cm³/mol.